The van der Waals surface area contributed by atoms with Crippen LogP contribution in [0.3, 0.4) is 0 Å². The van der Waals surface area contributed by atoms with Gasteiger partial charge in [-0.15, -0.1) is 21.5 Å². The lowest BCUT2D eigenvalue weighted by atomic mass is 10.2. The van der Waals surface area contributed by atoms with E-state index in [1.54, 1.807) is 11.3 Å². The second-order valence-electron chi connectivity index (χ2n) is 3.27. The van der Waals surface area contributed by atoms with E-state index in [2.05, 4.69) is 26.1 Å². The molecule has 2 nitrogen and oxygen atoms in total. The van der Waals surface area contributed by atoms with Gasteiger partial charge in [-0.3, -0.25) is 0 Å². The van der Waals surface area contributed by atoms with E-state index >= 15 is 0 Å². The number of hydrogen-bond acceptors (Lipinski definition) is 3. The molecule has 1 aromatic rings. The first kappa shape index (κ1) is 8.63. The van der Waals surface area contributed by atoms with E-state index in [1.807, 2.05) is 6.92 Å². The average Bonchev–Trinajstić information content (AvgIpc) is 2.78. The highest BCUT2D eigenvalue weighted by Crippen LogP contribution is 2.38. The van der Waals surface area contributed by atoms with Crippen molar-refractivity contribution in [2.45, 2.75) is 31.0 Å². The molecule has 1 aliphatic carbocycles. The molecule has 2 rings (SSSR count). The Kier molecular flexibility index (Phi) is 2.46. The highest BCUT2D eigenvalue weighted by molar-refractivity contribution is 9.09. The zero-order valence-electron chi connectivity index (χ0n) is 6.96. The van der Waals surface area contributed by atoms with Crippen LogP contribution in [0, 0.1) is 12.8 Å². The van der Waals surface area contributed by atoms with Crippen LogP contribution >= 0.6 is 27.3 Å². The molecular weight excluding hydrogens is 236 g/mol. The first-order chi connectivity index (χ1) is 5.75. The normalized spacial score (nSPS) is 19.5. The summed E-state index contributed by atoms with van der Waals surface area (Å²) in [5.74, 6) is 0.897. The first-order valence-electron chi connectivity index (χ1n) is 4.19. The molecule has 1 fully saturated rings. The molecule has 1 atom stereocenters. The molecule has 1 saturated carbocycles. The summed E-state index contributed by atoms with van der Waals surface area (Å²) in [6, 6.07) is 0. The molecule has 0 saturated heterocycles. The van der Waals surface area contributed by atoms with Gasteiger partial charge in [0.1, 0.15) is 10.0 Å². The van der Waals surface area contributed by atoms with Gasteiger partial charge in [-0.2, -0.15) is 0 Å². The molecule has 1 aliphatic rings. The fourth-order valence-electron chi connectivity index (χ4n) is 1.21. The van der Waals surface area contributed by atoms with Crippen molar-refractivity contribution in [3.05, 3.63) is 10.0 Å². The summed E-state index contributed by atoms with van der Waals surface area (Å²) in [6.45, 7) is 2.00. The van der Waals surface area contributed by atoms with Gasteiger partial charge < -0.3 is 0 Å². The van der Waals surface area contributed by atoms with Crippen LogP contribution in [0.4, 0.5) is 0 Å². The minimum Gasteiger partial charge on any atom is -0.144 e. The second-order valence-corrected chi connectivity index (χ2v) is 5.71. The van der Waals surface area contributed by atoms with Crippen molar-refractivity contribution >= 4 is 27.3 Å². The van der Waals surface area contributed by atoms with E-state index < -0.39 is 0 Å². The highest BCUT2D eigenvalue weighted by Gasteiger charge is 2.29. The number of halogens is 1. The third kappa shape index (κ3) is 2.04. The van der Waals surface area contributed by atoms with E-state index in [9.17, 15) is 0 Å². The Labute approximate surface area is 84.5 Å². The molecule has 0 N–H and O–H groups in total. The van der Waals surface area contributed by atoms with Crippen LogP contribution in [-0.2, 0) is 6.42 Å². The van der Waals surface area contributed by atoms with Crippen molar-refractivity contribution in [2.24, 2.45) is 5.92 Å². The Bertz CT molecular complexity index is 270. The molecule has 0 radical (unpaired) electrons. The molecule has 1 unspecified atom stereocenters. The van der Waals surface area contributed by atoms with E-state index in [1.165, 1.54) is 17.8 Å². The largest absolute Gasteiger partial charge is 0.144 e. The van der Waals surface area contributed by atoms with Crippen molar-refractivity contribution in [1.29, 1.82) is 0 Å². The molecule has 12 heavy (non-hydrogen) atoms. The molecule has 0 amide bonds. The standard InChI is InChI=1S/C8H11BrN2S/c1-5-10-11-8(12-5)4-7(9)6-2-3-6/h6-7H,2-4H2,1H3. The molecule has 66 valence electrons. The Hall–Kier alpha value is 0.0400. The van der Waals surface area contributed by atoms with Gasteiger partial charge in [0.15, 0.2) is 0 Å². The number of alkyl halides is 1. The molecule has 4 heteroatoms. The molecule has 1 heterocycles. The summed E-state index contributed by atoms with van der Waals surface area (Å²) in [5, 5.41) is 10.3. The van der Waals surface area contributed by atoms with Crippen LogP contribution in [0.2, 0.25) is 0 Å². The van der Waals surface area contributed by atoms with E-state index in [4.69, 9.17) is 0 Å². The monoisotopic (exact) mass is 246 g/mol. The van der Waals surface area contributed by atoms with Crippen LogP contribution in [0.15, 0.2) is 0 Å². The zero-order chi connectivity index (χ0) is 8.55. The predicted octanol–water partition coefficient (Wildman–Crippen LogP) is 2.56. The number of aryl methyl sites for hydroxylation is 1. The smallest absolute Gasteiger partial charge is 0.118 e. The molecule has 0 aromatic carbocycles. The molecule has 0 aliphatic heterocycles. The maximum Gasteiger partial charge on any atom is 0.118 e. The van der Waals surface area contributed by atoms with Crippen LogP contribution in [0.25, 0.3) is 0 Å². The summed E-state index contributed by atoms with van der Waals surface area (Å²) in [7, 11) is 0. The Morgan fingerprint density at radius 2 is 2.33 bits per heavy atom. The molecule has 0 spiro atoms. The van der Waals surface area contributed by atoms with Gasteiger partial charge in [-0.25, -0.2) is 0 Å². The summed E-state index contributed by atoms with van der Waals surface area (Å²) in [6.07, 6.45) is 3.82. The van der Waals surface area contributed by atoms with Gasteiger partial charge in [0.05, 0.1) is 0 Å². The lowest BCUT2D eigenvalue weighted by Crippen LogP contribution is -2.04. The summed E-state index contributed by atoms with van der Waals surface area (Å²) < 4.78 is 0. The average molecular weight is 247 g/mol. The van der Waals surface area contributed by atoms with E-state index in [0.29, 0.717) is 4.83 Å². The quantitative estimate of drug-likeness (QED) is 0.767. The molecular formula is C8H11BrN2S. The maximum atomic E-state index is 4.10. The fourth-order valence-corrected chi connectivity index (χ4v) is 3.03. The third-order valence-electron chi connectivity index (χ3n) is 2.07. The van der Waals surface area contributed by atoms with E-state index in [0.717, 1.165) is 17.3 Å². The zero-order valence-corrected chi connectivity index (χ0v) is 9.36. The van der Waals surface area contributed by atoms with Crippen LogP contribution < -0.4 is 0 Å². The van der Waals surface area contributed by atoms with E-state index in [-0.39, 0.29) is 0 Å². The van der Waals surface area contributed by atoms with Crippen molar-refractivity contribution in [1.82, 2.24) is 10.2 Å². The maximum absolute atomic E-state index is 4.10. The topological polar surface area (TPSA) is 25.8 Å². The SMILES string of the molecule is Cc1nnc(CC(Br)C2CC2)s1. The number of hydrogen-bond donors (Lipinski definition) is 0. The summed E-state index contributed by atoms with van der Waals surface area (Å²) >= 11 is 5.40. The van der Waals surface area contributed by atoms with Gasteiger partial charge in [-0.1, -0.05) is 15.9 Å². The van der Waals surface area contributed by atoms with Crippen LogP contribution in [-0.4, -0.2) is 15.0 Å². The van der Waals surface area contributed by atoms with Crippen LogP contribution in [0.1, 0.15) is 22.9 Å². The van der Waals surface area contributed by atoms with Gasteiger partial charge in [-0.05, 0) is 25.7 Å². The van der Waals surface area contributed by atoms with Gasteiger partial charge in [0.2, 0.25) is 0 Å². The predicted molar refractivity (Wildman–Crippen MR) is 53.8 cm³/mol. The lowest BCUT2D eigenvalue weighted by molar-refractivity contribution is 0.749. The van der Waals surface area contributed by atoms with Gasteiger partial charge in [0.25, 0.3) is 0 Å². The van der Waals surface area contributed by atoms with Gasteiger partial charge >= 0.3 is 0 Å². The highest BCUT2D eigenvalue weighted by atomic mass is 79.9. The lowest BCUT2D eigenvalue weighted by Gasteiger charge is -2.02. The summed E-state index contributed by atoms with van der Waals surface area (Å²) in [5.41, 5.74) is 0. The number of aromatic nitrogens is 2. The Morgan fingerprint density at radius 3 is 2.83 bits per heavy atom. The second kappa shape index (κ2) is 3.42. The third-order valence-corrected chi connectivity index (χ3v) is 4.00. The number of nitrogens with zero attached hydrogens (tertiary/aromatic N) is 2. The summed E-state index contributed by atoms with van der Waals surface area (Å²) in [4.78, 5) is 0.629. The Balaban J connectivity index is 1.93. The fraction of sp³-hybridized carbons (Fsp3) is 0.750. The number of rotatable bonds is 3. The van der Waals surface area contributed by atoms with Crippen molar-refractivity contribution < 1.29 is 0 Å². The minimum absolute atomic E-state index is 0.629. The van der Waals surface area contributed by atoms with Crippen molar-refractivity contribution in [3.63, 3.8) is 0 Å². The van der Waals surface area contributed by atoms with Crippen molar-refractivity contribution in [2.75, 3.05) is 0 Å². The van der Waals surface area contributed by atoms with Gasteiger partial charge in [0, 0.05) is 11.2 Å². The minimum atomic E-state index is 0.629. The van der Waals surface area contributed by atoms with Crippen LogP contribution in [0.5, 0.6) is 0 Å². The molecule has 0 bridgehead atoms. The first-order valence-corrected chi connectivity index (χ1v) is 5.92. The Morgan fingerprint density at radius 1 is 1.58 bits per heavy atom. The van der Waals surface area contributed by atoms with Crippen molar-refractivity contribution in [3.8, 4) is 0 Å². The molecule has 1 aromatic heterocycles.